The van der Waals surface area contributed by atoms with E-state index in [0.717, 1.165) is 11.3 Å². The van der Waals surface area contributed by atoms with E-state index in [4.69, 9.17) is 9.47 Å². The van der Waals surface area contributed by atoms with Crippen molar-refractivity contribution in [3.8, 4) is 11.5 Å². The fourth-order valence-corrected chi connectivity index (χ4v) is 3.62. The Morgan fingerprint density at radius 2 is 1.69 bits per heavy atom. The van der Waals surface area contributed by atoms with Gasteiger partial charge in [0.05, 0.1) is 24.9 Å². The SMILES string of the molecule is CCOc1ccc([C@@H](C)N[C@@H](C)C(=O)c2[nH]c(C)c(C(C)=O)c2C)cc1OCC. The van der Waals surface area contributed by atoms with Crippen molar-refractivity contribution in [3.05, 3.63) is 46.3 Å². The summed E-state index contributed by atoms with van der Waals surface area (Å²) in [6, 6.07) is 5.31. The molecule has 0 bridgehead atoms. The Hall–Kier alpha value is -2.60. The van der Waals surface area contributed by atoms with Crippen molar-refractivity contribution in [2.45, 2.75) is 60.5 Å². The standard InChI is InChI=1S/C23H32N2O4/c1-8-28-19-11-10-18(12-20(19)29-9-2)14(4)24-16(6)23(27)22-13(3)21(17(7)26)15(5)25-22/h10-12,14,16,24-25H,8-9H2,1-7H3/t14-,16+/m1/s1. The van der Waals surface area contributed by atoms with Crippen LogP contribution in [0.4, 0.5) is 0 Å². The highest BCUT2D eigenvalue weighted by atomic mass is 16.5. The van der Waals surface area contributed by atoms with Crippen LogP contribution in [0.25, 0.3) is 0 Å². The molecule has 2 rings (SSSR count). The molecule has 1 aromatic carbocycles. The number of aromatic nitrogens is 1. The van der Waals surface area contributed by atoms with Gasteiger partial charge in [-0.25, -0.2) is 0 Å². The van der Waals surface area contributed by atoms with E-state index in [0.29, 0.717) is 41.5 Å². The normalized spacial score (nSPS) is 13.1. The molecule has 2 aromatic rings. The first-order chi connectivity index (χ1) is 13.7. The highest BCUT2D eigenvalue weighted by Crippen LogP contribution is 2.31. The number of aryl methyl sites for hydroxylation is 1. The van der Waals surface area contributed by atoms with Crippen molar-refractivity contribution in [2.75, 3.05) is 13.2 Å². The minimum absolute atomic E-state index is 0.0397. The molecule has 0 aliphatic rings. The third-order valence-electron chi connectivity index (χ3n) is 5.00. The molecule has 0 radical (unpaired) electrons. The second-order valence-corrected chi connectivity index (χ2v) is 7.23. The van der Waals surface area contributed by atoms with Gasteiger partial charge in [0.1, 0.15) is 0 Å². The van der Waals surface area contributed by atoms with Crippen molar-refractivity contribution in [3.63, 3.8) is 0 Å². The Morgan fingerprint density at radius 1 is 1.07 bits per heavy atom. The van der Waals surface area contributed by atoms with Crippen LogP contribution >= 0.6 is 0 Å². The van der Waals surface area contributed by atoms with Gasteiger partial charge in [-0.2, -0.15) is 0 Å². The average molecular weight is 401 g/mol. The van der Waals surface area contributed by atoms with Gasteiger partial charge in [-0.1, -0.05) is 6.07 Å². The van der Waals surface area contributed by atoms with Crippen LogP contribution in [0, 0.1) is 13.8 Å². The Kier molecular flexibility index (Phi) is 7.62. The predicted molar refractivity (Wildman–Crippen MR) is 114 cm³/mol. The number of benzene rings is 1. The average Bonchev–Trinajstić information content (AvgIpc) is 2.97. The van der Waals surface area contributed by atoms with E-state index in [-0.39, 0.29) is 17.6 Å². The van der Waals surface area contributed by atoms with Gasteiger partial charge < -0.3 is 19.8 Å². The van der Waals surface area contributed by atoms with E-state index in [1.54, 1.807) is 0 Å². The van der Waals surface area contributed by atoms with Gasteiger partial charge in [0.25, 0.3) is 0 Å². The van der Waals surface area contributed by atoms with Gasteiger partial charge >= 0.3 is 0 Å². The van der Waals surface area contributed by atoms with Crippen LogP contribution in [0.15, 0.2) is 18.2 Å². The van der Waals surface area contributed by atoms with E-state index in [1.807, 2.05) is 59.7 Å². The van der Waals surface area contributed by atoms with Crippen molar-refractivity contribution in [1.29, 1.82) is 0 Å². The first-order valence-corrected chi connectivity index (χ1v) is 10.1. The largest absolute Gasteiger partial charge is 0.490 e. The summed E-state index contributed by atoms with van der Waals surface area (Å²) in [5.74, 6) is 1.30. The smallest absolute Gasteiger partial charge is 0.195 e. The maximum Gasteiger partial charge on any atom is 0.195 e. The molecule has 6 heteroatoms. The van der Waals surface area contributed by atoms with Crippen LogP contribution in [-0.2, 0) is 0 Å². The summed E-state index contributed by atoms with van der Waals surface area (Å²) in [7, 11) is 0. The Balaban J connectivity index is 2.19. The summed E-state index contributed by atoms with van der Waals surface area (Å²) in [5.41, 5.74) is 3.52. The lowest BCUT2D eigenvalue weighted by Crippen LogP contribution is -2.36. The zero-order chi connectivity index (χ0) is 21.7. The number of ether oxygens (including phenoxy) is 2. The number of hydrogen-bond donors (Lipinski definition) is 2. The molecule has 0 aliphatic heterocycles. The van der Waals surface area contributed by atoms with Crippen LogP contribution in [0.2, 0.25) is 0 Å². The van der Waals surface area contributed by atoms with Gasteiger partial charge in [-0.3, -0.25) is 9.59 Å². The number of aromatic amines is 1. The zero-order valence-corrected chi connectivity index (χ0v) is 18.4. The number of ketones is 2. The third-order valence-corrected chi connectivity index (χ3v) is 5.00. The number of carbonyl (C=O) groups is 2. The van der Waals surface area contributed by atoms with Crippen molar-refractivity contribution < 1.29 is 19.1 Å². The summed E-state index contributed by atoms with van der Waals surface area (Å²) in [4.78, 5) is 27.9. The number of rotatable bonds is 10. The quantitative estimate of drug-likeness (QED) is 0.572. The van der Waals surface area contributed by atoms with Gasteiger partial charge in [-0.05, 0) is 71.7 Å². The molecule has 29 heavy (non-hydrogen) atoms. The zero-order valence-electron chi connectivity index (χ0n) is 18.4. The number of carbonyl (C=O) groups excluding carboxylic acids is 2. The van der Waals surface area contributed by atoms with Crippen LogP contribution in [0.1, 0.15) is 78.3 Å². The molecule has 158 valence electrons. The molecule has 2 atom stereocenters. The predicted octanol–water partition coefficient (Wildman–Crippen LogP) is 4.55. The molecule has 0 aliphatic carbocycles. The van der Waals surface area contributed by atoms with Gasteiger partial charge in [-0.15, -0.1) is 0 Å². The molecule has 0 saturated heterocycles. The van der Waals surface area contributed by atoms with Gasteiger partial charge in [0, 0.05) is 17.3 Å². The summed E-state index contributed by atoms with van der Waals surface area (Å²) < 4.78 is 11.3. The number of H-pyrrole nitrogens is 1. The maximum atomic E-state index is 13.0. The molecule has 0 saturated carbocycles. The fraction of sp³-hybridized carbons (Fsp3) is 0.478. The molecule has 0 spiro atoms. The maximum absolute atomic E-state index is 13.0. The van der Waals surface area contributed by atoms with Crippen LogP contribution in [-0.4, -0.2) is 35.8 Å². The van der Waals surface area contributed by atoms with E-state index in [9.17, 15) is 9.59 Å². The highest BCUT2D eigenvalue weighted by molar-refractivity contribution is 6.05. The molecule has 0 amide bonds. The number of nitrogens with one attached hydrogen (secondary N) is 2. The minimum Gasteiger partial charge on any atom is -0.490 e. The first-order valence-electron chi connectivity index (χ1n) is 10.1. The fourth-order valence-electron chi connectivity index (χ4n) is 3.62. The van der Waals surface area contributed by atoms with E-state index < -0.39 is 6.04 Å². The molecular weight excluding hydrogens is 368 g/mol. The second-order valence-electron chi connectivity index (χ2n) is 7.23. The molecule has 1 heterocycles. The summed E-state index contributed by atoms with van der Waals surface area (Å²) in [6.45, 7) is 14.0. The van der Waals surface area contributed by atoms with Crippen molar-refractivity contribution in [2.24, 2.45) is 0 Å². The molecule has 2 N–H and O–H groups in total. The molecule has 0 fully saturated rings. The number of hydrogen-bond acceptors (Lipinski definition) is 5. The van der Waals surface area contributed by atoms with E-state index >= 15 is 0 Å². The molecular formula is C23H32N2O4. The molecule has 0 unspecified atom stereocenters. The Morgan fingerprint density at radius 3 is 2.24 bits per heavy atom. The molecule has 6 nitrogen and oxygen atoms in total. The summed E-state index contributed by atoms with van der Waals surface area (Å²) >= 11 is 0. The van der Waals surface area contributed by atoms with Crippen LogP contribution in [0.5, 0.6) is 11.5 Å². The van der Waals surface area contributed by atoms with E-state index in [2.05, 4.69) is 10.3 Å². The topological polar surface area (TPSA) is 80.4 Å². The van der Waals surface area contributed by atoms with Crippen molar-refractivity contribution in [1.82, 2.24) is 10.3 Å². The van der Waals surface area contributed by atoms with E-state index in [1.165, 1.54) is 6.92 Å². The third kappa shape index (κ3) is 5.07. The molecule has 1 aromatic heterocycles. The summed E-state index contributed by atoms with van der Waals surface area (Å²) in [5, 5.41) is 3.35. The summed E-state index contributed by atoms with van der Waals surface area (Å²) in [6.07, 6.45) is 0. The number of Topliss-reactive ketones (excluding diaryl/α,β-unsaturated/α-hetero) is 2. The highest BCUT2D eigenvalue weighted by Gasteiger charge is 2.25. The van der Waals surface area contributed by atoms with Crippen molar-refractivity contribution >= 4 is 11.6 Å². The lowest BCUT2D eigenvalue weighted by molar-refractivity contribution is 0.0940. The Bertz CT molecular complexity index is 885. The monoisotopic (exact) mass is 400 g/mol. The lowest BCUT2D eigenvalue weighted by atomic mass is 10.0. The Labute approximate surface area is 173 Å². The minimum atomic E-state index is -0.427. The van der Waals surface area contributed by atoms with Crippen LogP contribution < -0.4 is 14.8 Å². The van der Waals surface area contributed by atoms with Gasteiger partial charge in [0.2, 0.25) is 0 Å². The lowest BCUT2D eigenvalue weighted by Gasteiger charge is -2.21. The second kappa shape index (κ2) is 9.74. The first kappa shape index (κ1) is 22.7. The van der Waals surface area contributed by atoms with Crippen LogP contribution in [0.3, 0.4) is 0 Å². The van der Waals surface area contributed by atoms with Gasteiger partial charge in [0.15, 0.2) is 23.1 Å².